The normalized spacial score (nSPS) is 29.2. The van der Waals surface area contributed by atoms with Crippen molar-refractivity contribution in [3.8, 4) is 0 Å². The van der Waals surface area contributed by atoms with Crippen molar-refractivity contribution in [2.45, 2.75) is 38.2 Å². The molecule has 0 aromatic rings. The van der Waals surface area contributed by atoms with Crippen molar-refractivity contribution >= 4 is 5.91 Å². The van der Waals surface area contributed by atoms with E-state index in [4.69, 9.17) is 14.2 Å². The monoisotopic (exact) mass is 227 g/mol. The van der Waals surface area contributed by atoms with E-state index in [1.165, 1.54) is 0 Å². The largest absolute Gasteiger partial charge is 0.496 e. The second-order valence-corrected chi connectivity index (χ2v) is 4.37. The number of amides is 1. The highest BCUT2D eigenvalue weighted by atomic mass is 16.7. The SMILES string of the molecule is COC(C)(C)O[C@H]1C(=O)N[C@H]1C1=CCCO1. The van der Waals surface area contributed by atoms with E-state index in [-0.39, 0.29) is 11.9 Å². The predicted octanol–water partition coefficient (Wildman–Crippen LogP) is 0.557. The van der Waals surface area contributed by atoms with Crippen molar-refractivity contribution in [2.24, 2.45) is 0 Å². The van der Waals surface area contributed by atoms with Crippen molar-refractivity contribution in [3.63, 3.8) is 0 Å². The van der Waals surface area contributed by atoms with Crippen LogP contribution in [0.1, 0.15) is 20.3 Å². The summed E-state index contributed by atoms with van der Waals surface area (Å²) >= 11 is 0. The van der Waals surface area contributed by atoms with Gasteiger partial charge in [-0.05, 0) is 19.9 Å². The summed E-state index contributed by atoms with van der Waals surface area (Å²) < 4.78 is 16.2. The Balaban J connectivity index is 1.99. The van der Waals surface area contributed by atoms with Gasteiger partial charge in [0.15, 0.2) is 11.9 Å². The maximum atomic E-state index is 11.4. The standard InChI is InChI=1S/C11H17NO4/c1-11(2,14-3)16-9-8(12-10(9)13)7-5-4-6-15-7/h5,8-9H,4,6H2,1-3H3,(H,12,13)/t8-,9+/m0/s1. The maximum absolute atomic E-state index is 11.4. The zero-order valence-electron chi connectivity index (χ0n) is 9.78. The van der Waals surface area contributed by atoms with Gasteiger partial charge in [-0.25, -0.2) is 0 Å². The van der Waals surface area contributed by atoms with Gasteiger partial charge in [0.25, 0.3) is 5.91 Å². The molecule has 16 heavy (non-hydrogen) atoms. The van der Waals surface area contributed by atoms with E-state index in [2.05, 4.69) is 5.32 Å². The summed E-state index contributed by atoms with van der Waals surface area (Å²) in [7, 11) is 1.55. The Labute approximate surface area is 94.7 Å². The zero-order chi connectivity index (χ0) is 11.8. The van der Waals surface area contributed by atoms with Gasteiger partial charge < -0.3 is 19.5 Å². The van der Waals surface area contributed by atoms with Crippen molar-refractivity contribution in [1.29, 1.82) is 0 Å². The van der Waals surface area contributed by atoms with Crippen LogP contribution in [0.4, 0.5) is 0 Å². The lowest BCUT2D eigenvalue weighted by Crippen LogP contribution is -2.66. The molecule has 2 rings (SSSR count). The number of rotatable bonds is 4. The molecule has 5 heteroatoms. The molecule has 0 aromatic heterocycles. The van der Waals surface area contributed by atoms with Gasteiger partial charge in [0.1, 0.15) is 11.8 Å². The van der Waals surface area contributed by atoms with Gasteiger partial charge in [0.2, 0.25) is 0 Å². The van der Waals surface area contributed by atoms with Gasteiger partial charge in [0.05, 0.1) is 6.61 Å². The van der Waals surface area contributed by atoms with Gasteiger partial charge in [-0.3, -0.25) is 4.79 Å². The van der Waals surface area contributed by atoms with Crippen LogP contribution in [0.25, 0.3) is 0 Å². The molecular formula is C11H17NO4. The molecule has 0 spiro atoms. The van der Waals surface area contributed by atoms with Gasteiger partial charge in [-0.15, -0.1) is 0 Å². The van der Waals surface area contributed by atoms with Crippen LogP contribution in [0.15, 0.2) is 11.8 Å². The topological polar surface area (TPSA) is 56.8 Å². The lowest BCUT2D eigenvalue weighted by Gasteiger charge is -2.40. The van der Waals surface area contributed by atoms with Gasteiger partial charge in [-0.1, -0.05) is 0 Å². The Hall–Kier alpha value is -1.07. The van der Waals surface area contributed by atoms with E-state index in [1.54, 1.807) is 21.0 Å². The molecule has 2 aliphatic heterocycles. The number of hydrogen-bond acceptors (Lipinski definition) is 4. The fraction of sp³-hybridized carbons (Fsp3) is 0.727. The Morgan fingerprint density at radius 2 is 2.31 bits per heavy atom. The zero-order valence-corrected chi connectivity index (χ0v) is 9.78. The van der Waals surface area contributed by atoms with Crippen LogP contribution in [0.5, 0.6) is 0 Å². The quantitative estimate of drug-likeness (QED) is 0.563. The molecule has 1 fully saturated rings. The van der Waals surface area contributed by atoms with Crippen molar-refractivity contribution in [3.05, 3.63) is 11.8 Å². The highest BCUT2D eigenvalue weighted by Crippen LogP contribution is 2.27. The molecule has 0 bridgehead atoms. The maximum Gasteiger partial charge on any atom is 0.252 e. The number of ether oxygens (including phenoxy) is 3. The summed E-state index contributed by atoms with van der Waals surface area (Å²) in [5.74, 6) is -0.0807. The molecule has 0 saturated carbocycles. The fourth-order valence-electron chi connectivity index (χ4n) is 1.72. The molecule has 0 unspecified atom stereocenters. The van der Waals surface area contributed by atoms with Crippen molar-refractivity contribution < 1.29 is 19.0 Å². The van der Waals surface area contributed by atoms with Crippen LogP contribution in [0.2, 0.25) is 0 Å². The van der Waals surface area contributed by atoms with E-state index >= 15 is 0 Å². The van der Waals surface area contributed by atoms with Gasteiger partial charge >= 0.3 is 0 Å². The summed E-state index contributed by atoms with van der Waals surface area (Å²) in [6, 6.07) is -0.163. The smallest absolute Gasteiger partial charge is 0.252 e. The van der Waals surface area contributed by atoms with Crippen LogP contribution >= 0.6 is 0 Å². The van der Waals surface area contributed by atoms with Gasteiger partial charge in [-0.2, -0.15) is 0 Å². The second-order valence-electron chi connectivity index (χ2n) is 4.37. The summed E-state index contributed by atoms with van der Waals surface area (Å²) in [4.78, 5) is 11.4. The average molecular weight is 227 g/mol. The number of β-lactam (4-membered cyclic amide) rings is 1. The third kappa shape index (κ3) is 2.05. The van der Waals surface area contributed by atoms with Crippen LogP contribution in [0, 0.1) is 0 Å². The molecule has 0 radical (unpaired) electrons. The Morgan fingerprint density at radius 1 is 1.56 bits per heavy atom. The fourth-order valence-corrected chi connectivity index (χ4v) is 1.72. The molecule has 1 saturated heterocycles. The van der Waals surface area contributed by atoms with E-state index in [0.717, 1.165) is 12.2 Å². The highest BCUT2D eigenvalue weighted by molar-refractivity contribution is 5.89. The minimum Gasteiger partial charge on any atom is -0.496 e. The average Bonchev–Trinajstić information content (AvgIpc) is 2.76. The summed E-state index contributed by atoms with van der Waals surface area (Å²) in [5, 5.41) is 2.77. The third-order valence-electron chi connectivity index (χ3n) is 2.80. The summed E-state index contributed by atoms with van der Waals surface area (Å²) in [5.41, 5.74) is 0. The lowest BCUT2D eigenvalue weighted by molar-refractivity contribution is -0.237. The van der Waals surface area contributed by atoms with Crippen LogP contribution < -0.4 is 5.32 Å². The number of hydrogen-bond donors (Lipinski definition) is 1. The molecule has 2 heterocycles. The predicted molar refractivity (Wildman–Crippen MR) is 56.5 cm³/mol. The summed E-state index contributed by atoms with van der Waals surface area (Å²) in [6.07, 6.45) is 2.36. The minimum absolute atomic E-state index is 0.119. The Morgan fingerprint density at radius 3 is 2.81 bits per heavy atom. The number of carbonyl (C=O) groups is 1. The Bertz CT molecular complexity index is 324. The number of carbonyl (C=O) groups excluding carboxylic acids is 1. The second kappa shape index (κ2) is 4.07. The highest BCUT2D eigenvalue weighted by Gasteiger charge is 2.46. The molecule has 2 atom stereocenters. The molecule has 0 aromatic carbocycles. The Kier molecular flexibility index (Phi) is 2.90. The van der Waals surface area contributed by atoms with Crippen molar-refractivity contribution in [1.82, 2.24) is 5.32 Å². The molecule has 5 nitrogen and oxygen atoms in total. The molecule has 2 aliphatic rings. The first-order valence-corrected chi connectivity index (χ1v) is 5.40. The molecule has 0 aliphatic carbocycles. The van der Waals surface area contributed by atoms with Crippen LogP contribution in [-0.4, -0.2) is 37.6 Å². The first-order valence-electron chi connectivity index (χ1n) is 5.40. The van der Waals surface area contributed by atoms with E-state index < -0.39 is 11.9 Å². The van der Waals surface area contributed by atoms with Crippen molar-refractivity contribution in [2.75, 3.05) is 13.7 Å². The van der Waals surface area contributed by atoms with Crippen LogP contribution in [0.3, 0.4) is 0 Å². The molecular weight excluding hydrogens is 210 g/mol. The van der Waals surface area contributed by atoms with E-state index in [9.17, 15) is 4.79 Å². The number of nitrogens with one attached hydrogen (secondary N) is 1. The van der Waals surface area contributed by atoms with Gasteiger partial charge in [0, 0.05) is 13.5 Å². The summed E-state index contributed by atoms with van der Waals surface area (Å²) in [6.45, 7) is 4.24. The molecule has 90 valence electrons. The number of methoxy groups -OCH3 is 1. The minimum atomic E-state index is -0.764. The van der Waals surface area contributed by atoms with Crippen LogP contribution in [-0.2, 0) is 19.0 Å². The first-order chi connectivity index (χ1) is 7.53. The lowest BCUT2D eigenvalue weighted by atomic mass is 9.99. The molecule has 1 amide bonds. The first kappa shape index (κ1) is 11.4. The van der Waals surface area contributed by atoms with E-state index in [0.29, 0.717) is 6.61 Å². The molecule has 1 N–H and O–H groups in total. The van der Waals surface area contributed by atoms with E-state index in [1.807, 2.05) is 6.08 Å². The third-order valence-corrected chi connectivity index (χ3v) is 2.80.